The first-order chi connectivity index (χ1) is 12.0. The Balaban J connectivity index is 1.89. The molecule has 0 spiro atoms. The highest BCUT2D eigenvalue weighted by Gasteiger charge is 2.19. The summed E-state index contributed by atoms with van der Waals surface area (Å²) >= 11 is 1.25. The molecule has 0 bridgehead atoms. The summed E-state index contributed by atoms with van der Waals surface area (Å²) in [6, 6.07) is 13.0. The van der Waals surface area contributed by atoms with E-state index in [1.165, 1.54) is 16.9 Å². The van der Waals surface area contributed by atoms with Crippen molar-refractivity contribution >= 4 is 33.8 Å². The lowest BCUT2D eigenvalue weighted by molar-refractivity contribution is 0.104. The number of nitrogen functional groups attached to an aromatic ring is 1. The monoisotopic (exact) mass is 353 g/mol. The summed E-state index contributed by atoms with van der Waals surface area (Å²) in [4.78, 5) is 17.4. The molecule has 0 amide bonds. The highest BCUT2D eigenvalue weighted by atomic mass is 32.1. The number of carbonyl (C=O) groups is 1. The molecule has 1 aromatic heterocycles. The normalized spacial score (nSPS) is 10.5. The van der Waals surface area contributed by atoms with Crippen molar-refractivity contribution < 1.29 is 9.53 Å². The van der Waals surface area contributed by atoms with Crippen LogP contribution in [-0.2, 0) is 0 Å². The van der Waals surface area contributed by atoms with Gasteiger partial charge >= 0.3 is 0 Å². The topological polar surface area (TPSA) is 77.2 Å². The summed E-state index contributed by atoms with van der Waals surface area (Å²) < 4.78 is 5.17. The molecule has 0 radical (unpaired) electrons. The Hall–Kier alpha value is -2.86. The number of nitrogens with two attached hydrogens (primary N) is 1. The Morgan fingerprint density at radius 2 is 1.96 bits per heavy atom. The first-order valence-corrected chi connectivity index (χ1v) is 8.59. The molecule has 0 aliphatic heterocycles. The second-order valence-electron chi connectivity index (χ2n) is 5.67. The fourth-order valence-electron chi connectivity index (χ4n) is 2.45. The Bertz CT molecular complexity index is 934. The molecule has 3 N–H and O–H groups in total. The Labute approximate surface area is 150 Å². The molecule has 1 heterocycles. The predicted molar refractivity (Wildman–Crippen MR) is 102 cm³/mol. The Kier molecular flexibility index (Phi) is 4.72. The predicted octanol–water partition coefficient (Wildman–Crippen LogP) is 4.33. The van der Waals surface area contributed by atoms with Crippen LogP contribution in [0.1, 0.15) is 26.4 Å². The number of nitrogens with one attached hydrogen (secondary N) is 1. The number of rotatable bonds is 5. The number of thiazole rings is 1. The van der Waals surface area contributed by atoms with E-state index >= 15 is 0 Å². The molecule has 0 saturated carbocycles. The van der Waals surface area contributed by atoms with Crippen LogP contribution in [0.2, 0.25) is 0 Å². The summed E-state index contributed by atoms with van der Waals surface area (Å²) in [6.45, 7) is 4.09. The molecular weight excluding hydrogens is 334 g/mol. The Morgan fingerprint density at radius 1 is 1.20 bits per heavy atom. The van der Waals surface area contributed by atoms with E-state index in [-0.39, 0.29) is 11.6 Å². The Morgan fingerprint density at radius 3 is 2.72 bits per heavy atom. The summed E-state index contributed by atoms with van der Waals surface area (Å²) in [5.41, 5.74) is 9.77. The third-order valence-corrected chi connectivity index (χ3v) is 5.02. The summed E-state index contributed by atoms with van der Waals surface area (Å²) in [6.07, 6.45) is 0. The smallest absolute Gasteiger partial charge is 0.206 e. The lowest BCUT2D eigenvalue weighted by atomic mass is 10.1. The molecule has 128 valence electrons. The number of nitrogens with zero attached hydrogens (tertiary/aromatic N) is 1. The minimum absolute atomic E-state index is 0.164. The van der Waals surface area contributed by atoms with Gasteiger partial charge in [-0.1, -0.05) is 35.6 Å². The molecule has 0 saturated heterocycles. The fraction of sp³-hybridized carbons (Fsp3) is 0.158. The zero-order chi connectivity index (χ0) is 18.0. The van der Waals surface area contributed by atoms with Crippen LogP contribution in [0.25, 0.3) is 0 Å². The number of carbonyl (C=O) groups excluding carboxylic acids is 1. The van der Waals surface area contributed by atoms with Gasteiger partial charge < -0.3 is 15.8 Å². The van der Waals surface area contributed by atoms with Gasteiger partial charge in [0.15, 0.2) is 5.13 Å². The maximum Gasteiger partial charge on any atom is 0.206 e. The van der Waals surface area contributed by atoms with Crippen molar-refractivity contribution in [3.8, 4) is 5.75 Å². The van der Waals surface area contributed by atoms with Gasteiger partial charge in [0.05, 0.1) is 7.11 Å². The third kappa shape index (κ3) is 3.49. The van der Waals surface area contributed by atoms with Crippen LogP contribution < -0.4 is 15.8 Å². The molecule has 0 fully saturated rings. The second kappa shape index (κ2) is 6.94. The van der Waals surface area contributed by atoms with Gasteiger partial charge in [0.1, 0.15) is 16.4 Å². The van der Waals surface area contributed by atoms with Gasteiger partial charge in [-0.3, -0.25) is 4.79 Å². The quantitative estimate of drug-likeness (QED) is 0.668. The molecule has 6 heteroatoms. The molecule has 3 aromatic rings. The number of hydrogen-bond donors (Lipinski definition) is 2. The van der Waals surface area contributed by atoms with Crippen molar-refractivity contribution in [2.45, 2.75) is 13.8 Å². The van der Waals surface area contributed by atoms with Crippen molar-refractivity contribution in [3.05, 3.63) is 64.0 Å². The van der Waals surface area contributed by atoms with Gasteiger partial charge in [0, 0.05) is 11.3 Å². The minimum Gasteiger partial charge on any atom is -0.497 e. The van der Waals surface area contributed by atoms with E-state index < -0.39 is 0 Å². The standard InChI is InChI=1S/C19H19N3O2S/c1-11-6-4-9-15(12(11)2)21-19-22-18(20)17(25-19)16(23)13-7-5-8-14(10-13)24-3/h4-10H,20H2,1-3H3,(H,21,22). The molecule has 25 heavy (non-hydrogen) atoms. The van der Waals surface area contributed by atoms with Gasteiger partial charge in [-0.25, -0.2) is 4.98 Å². The van der Waals surface area contributed by atoms with Crippen LogP contribution in [0.15, 0.2) is 42.5 Å². The number of aromatic nitrogens is 1. The van der Waals surface area contributed by atoms with Crippen molar-refractivity contribution in [3.63, 3.8) is 0 Å². The molecule has 0 aliphatic rings. The van der Waals surface area contributed by atoms with Gasteiger partial charge in [-0.15, -0.1) is 0 Å². The maximum atomic E-state index is 12.7. The average Bonchev–Trinajstić information content (AvgIpc) is 2.98. The fourth-order valence-corrected chi connectivity index (χ4v) is 3.30. The zero-order valence-corrected chi connectivity index (χ0v) is 15.1. The first-order valence-electron chi connectivity index (χ1n) is 7.78. The van der Waals surface area contributed by atoms with Gasteiger partial charge in [0.2, 0.25) is 5.78 Å². The number of methoxy groups -OCH3 is 1. The maximum absolute atomic E-state index is 12.7. The average molecular weight is 353 g/mol. The molecule has 0 atom stereocenters. The van der Waals surface area contributed by atoms with Crippen LogP contribution in [-0.4, -0.2) is 17.9 Å². The van der Waals surface area contributed by atoms with Gasteiger partial charge in [-0.05, 0) is 43.2 Å². The van der Waals surface area contributed by atoms with Gasteiger partial charge in [-0.2, -0.15) is 0 Å². The van der Waals surface area contributed by atoms with Crippen LogP contribution in [0, 0.1) is 13.8 Å². The van der Waals surface area contributed by atoms with Gasteiger partial charge in [0.25, 0.3) is 0 Å². The van der Waals surface area contributed by atoms with Crippen molar-refractivity contribution in [1.82, 2.24) is 4.98 Å². The van der Waals surface area contributed by atoms with Crippen molar-refractivity contribution in [2.75, 3.05) is 18.2 Å². The molecule has 2 aromatic carbocycles. The van der Waals surface area contributed by atoms with E-state index in [9.17, 15) is 4.79 Å². The first kappa shape index (κ1) is 17.0. The summed E-state index contributed by atoms with van der Waals surface area (Å²) in [7, 11) is 1.57. The van der Waals surface area contributed by atoms with Crippen LogP contribution >= 0.6 is 11.3 Å². The van der Waals surface area contributed by atoms with E-state index in [1.807, 2.05) is 19.1 Å². The van der Waals surface area contributed by atoms with Crippen LogP contribution in [0.4, 0.5) is 16.6 Å². The molecule has 3 rings (SSSR count). The van der Waals surface area contributed by atoms with E-state index in [0.29, 0.717) is 21.3 Å². The number of ether oxygens (including phenoxy) is 1. The second-order valence-corrected chi connectivity index (χ2v) is 6.67. The zero-order valence-electron chi connectivity index (χ0n) is 14.3. The SMILES string of the molecule is COc1cccc(C(=O)c2sc(Nc3cccc(C)c3C)nc2N)c1. The molecular formula is C19H19N3O2S. The van der Waals surface area contributed by atoms with E-state index in [1.54, 1.807) is 31.4 Å². The summed E-state index contributed by atoms with van der Waals surface area (Å²) in [5.74, 6) is 0.691. The van der Waals surface area contributed by atoms with E-state index in [2.05, 4.69) is 23.3 Å². The van der Waals surface area contributed by atoms with Crippen molar-refractivity contribution in [1.29, 1.82) is 0 Å². The number of ketones is 1. The lowest BCUT2D eigenvalue weighted by Gasteiger charge is -2.08. The lowest BCUT2D eigenvalue weighted by Crippen LogP contribution is -2.02. The van der Waals surface area contributed by atoms with Crippen LogP contribution in [0.3, 0.4) is 0 Å². The number of benzene rings is 2. The largest absolute Gasteiger partial charge is 0.497 e. The number of anilines is 3. The van der Waals surface area contributed by atoms with Crippen molar-refractivity contribution in [2.24, 2.45) is 0 Å². The minimum atomic E-state index is -0.164. The summed E-state index contributed by atoms with van der Waals surface area (Å²) in [5, 5.41) is 3.85. The number of hydrogen-bond acceptors (Lipinski definition) is 6. The number of aryl methyl sites for hydroxylation is 1. The third-order valence-electron chi connectivity index (χ3n) is 4.04. The highest BCUT2D eigenvalue weighted by Crippen LogP contribution is 2.31. The van der Waals surface area contributed by atoms with E-state index in [0.717, 1.165) is 11.3 Å². The molecule has 0 unspecified atom stereocenters. The molecule has 5 nitrogen and oxygen atoms in total. The highest BCUT2D eigenvalue weighted by molar-refractivity contribution is 7.18. The van der Waals surface area contributed by atoms with E-state index in [4.69, 9.17) is 10.5 Å². The molecule has 0 aliphatic carbocycles. The van der Waals surface area contributed by atoms with Crippen LogP contribution in [0.5, 0.6) is 5.75 Å².